The fourth-order valence-electron chi connectivity index (χ4n) is 1.22. The minimum absolute atomic E-state index is 0.0511. The van der Waals surface area contributed by atoms with Gasteiger partial charge in [-0.15, -0.1) is 11.6 Å². The Balaban J connectivity index is 2.81. The minimum Gasteiger partial charge on any atom is -0.296 e. The Hall–Kier alpha value is 0.0500. The van der Waals surface area contributed by atoms with Gasteiger partial charge in [-0.3, -0.25) is 4.90 Å². The highest BCUT2D eigenvalue weighted by Crippen LogP contribution is 2.24. The molecule has 0 fully saturated rings. The van der Waals surface area contributed by atoms with Gasteiger partial charge >= 0.3 is 0 Å². The normalized spacial score (nSPS) is 12.2. The lowest BCUT2D eigenvalue weighted by molar-refractivity contribution is 0.171. The predicted molar refractivity (Wildman–Crippen MR) is 72.7 cm³/mol. The van der Waals surface area contributed by atoms with Gasteiger partial charge in [0, 0.05) is 28.0 Å². The summed E-state index contributed by atoms with van der Waals surface area (Å²) in [6.07, 6.45) is 0. The molecule has 0 radical (unpaired) electrons. The summed E-state index contributed by atoms with van der Waals surface area (Å²) in [5.41, 5.74) is 1.01. The van der Waals surface area contributed by atoms with Crippen LogP contribution in [0.15, 0.2) is 18.2 Å². The number of alkyl halides is 1. The van der Waals surface area contributed by atoms with E-state index in [0.29, 0.717) is 15.9 Å². The first kappa shape index (κ1) is 14.1. The number of benzene rings is 1. The summed E-state index contributed by atoms with van der Waals surface area (Å²) in [5.74, 6) is 0.578. The fourth-order valence-corrected chi connectivity index (χ4v) is 1.89. The smallest absolute Gasteiger partial charge is 0.0465 e. The van der Waals surface area contributed by atoms with Gasteiger partial charge in [0.2, 0.25) is 0 Å². The van der Waals surface area contributed by atoms with Crippen LogP contribution in [-0.4, -0.2) is 23.4 Å². The first-order chi connectivity index (χ1) is 7.36. The van der Waals surface area contributed by atoms with Crippen LogP contribution in [0.3, 0.4) is 0 Å². The molecule has 0 aliphatic carbocycles. The van der Waals surface area contributed by atoms with Gasteiger partial charge in [-0.1, -0.05) is 29.3 Å². The molecule has 0 aliphatic heterocycles. The van der Waals surface area contributed by atoms with Crippen LogP contribution in [0.1, 0.15) is 19.4 Å². The van der Waals surface area contributed by atoms with E-state index in [4.69, 9.17) is 34.8 Å². The van der Waals surface area contributed by atoms with Crippen LogP contribution in [0.4, 0.5) is 0 Å². The average molecular weight is 281 g/mol. The van der Waals surface area contributed by atoms with Crippen LogP contribution in [-0.2, 0) is 6.54 Å². The second-order valence-electron chi connectivity index (χ2n) is 4.54. The average Bonchev–Trinajstić information content (AvgIpc) is 2.22. The summed E-state index contributed by atoms with van der Waals surface area (Å²) >= 11 is 17.9. The van der Waals surface area contributed by atoms with Gasteiger partial charge in [0.25, 0.3) is 0 Å². The highest BCUT2D eigenvalue weighted by Gasteiger charge is 2.22. The van der Waals surface area contributed by atoms with Crippen LogP contribution in [0.25, 0.3) is 0 Å². The van der Waals surface area contributed by atoms with E-state index in [1.807, 2.05) is 19.2 Å². The third-order valence-electron chi connectivity index (χ3n) is 2.78. The zero-order valence-electron chi connectivity index (χ0n) is 9.73. The van der Waals surface area contributed by atoms with E-state index in [0.717, 1.165) is 12.1 Å². The maximum atomic E-state index is 6.12. The van der Waals surface area contributed by atoms with E-state index in [2.05, 4.69) is 18.7 Å². The summed E-state index contributed by atoms with van der Waals surface area (Å²) in [6, 6.07) is 5.57. The molecule has 0 unspecified atom stereocenters. The molecule has 0 aromatic heterocycles. The van der Waals surface area contributed by atoms with E-state index in [9.17, 15) is 0 Å². The standard InChI is InChI=1S/C12H16Cl3N/c1-12(2,8-13)16(3)7-9-4-5-10(14)6-11(9)15/h4-6H,7-8H2,1-3H3. The van der Waals surface area contributed by atoms with Crippen LogP contribution in [0.2, 0.25) is 10.0 Å². The molecule has 0 heterocycles. The summed E-state index contributed by atoms with van der Waals surface area (Å²) in [7, 11) is 2.04. The molecule has 0 spiro atoms. The molecule has 1 rings (SSSR count). The van der Waals surface area contributed by atoms with E-state index in [-0.39, 0.29) is 5.54 Å². The lowest BCUT2D eigenvalue weighted by atomic mass is 10.1. The van der Waals surface area contributed by atoms with Crippen LogP contribution < -0.4 is 0 Å². The molecule has 0 saturated carbocycles. The number of hydrogen-bond donors (Lipinski definition) is 0. The van der Waals surface area contributed by atoms with Crippen LogP contribution >= 0.6 is 34.8 Å². The SMILES string of the molecule is CN(Cc1ccc(Cl)cc1Cl)C(C)(C)CCl. The monoisotopic (exact) mass is 279 g/mol. The second kappa shape index (κ2) is 5.59. The molecule has 0 atom stereocenters. The van der Waals surface area contributed by atoms with E-state index in [1.54, 1.807) is 6.07 Å². The Morgan fingerprint density at radius 3 is 2.38 bits per heavy atom. The van der Waals surface area contributed by atoms with Crippen molar-refractivity contribution in [3.63, 3.8) is 0 Å². The molecule has 90 valence electrons. The first-order valence-electron chi connectivity index (χ1n) is 5.08. The number of nitrogens with zero attached hydrogens (tertiary/aromatic N) is 1. The molecule has 4 heteroatoms. The van der Waals surface area contributed by atoms with E-state index < -0.39 is 0 Å². The van der Waals surface area contributed by atoms with E-state index >= 15 is 0 Å². The van der Waals surface area contributed by atoms with Crippen molar-refractivity contribution in [2.24, 2.45) is 0 Å². The lowest BCUT2D eigenvalue weighted by Gasteiger charge is -2.34. The van der Waals surface area contributed by atoms with Gasteiger partial charge in [0.15, 0.2) is 0 Å². The second-order valence-corrected chi connectivity index (χ2v) is 5.65. The maximum Gasteiger partial charge on any atom is 0.0465 e. The molecule has 0 N–H and O–H groups in total. The first-order valence-corrected chi connectivity index (χ1v) is 6.37. The van der Waals surface area contributed by atoms with Crippen LogP contribution in [0.5, 0.6) is 0 Å². The molecule has 1 aromatic carbocycles. The van der Waals surface area contributed by atoms with Gasteiger partial charge in [0.1, 0.15) is 0 Å². The quantitative estimate of drug-likeness (QED) is 0.737. The number of rotatable bonds is 4. The highest BCUT2D eigenvalue weighted by molar-refractivity contribution is 6.35. The van der Waals surface area contributed by atoms with Crippen molar-refractivity contribution >= 4 is 34.8 Å². The van der Waals surface area contributed by atoms with Crippen molar-refractivity contribution in [3.05, 3.63) is 33.8 Å². The molecule has 0 aliphatic rings. The predicted octanol–water partition coefficient (Wildman–Crippen LogP) is 4.44. The summed E-state index contributed by atoms with van der Waals surface area (Å²) < 4.78 is 0. The zero-order chi connectivity index (χ0) is 12.3. The van der Waals surface area contributed by atoms with Gasteiger partial charge in [-0.05, 0) is 38.6 Å². The molecule has 0 bridgehead atoms. The van der Waals surface area contributed by atoms with Crippen molar-refractivity contribution < 1.29 is 0 Å². The Morgan fingerprint density at radius 1 is 1.25 bits per heavy atom. The van der Waals surface area contributed by atoms with Crippen molar-refractivity contribution in [1.82, 2.24) is 4.90 Å². The molecular weight excluding hydrogens is 264 g/mol. The third kappa shape index (κ3) is 3.53. The Morgan fingerprint density at radius 2 is 1.88 bits per heavy atom. The Bertz CT molecular complexity index is 363. The van der Waals surface area contributed by atoms with E-state index in [1.165, 1.54) is 0 Å². The number of hydrogen-bond acceptors (Lipinski definition) is 1. The van der Waals surface area contributed by atoms with Crippen molar-refractivity contribution in [2.45, 2.75) is 25.9 Å². The summed E-state index contributed by atoms with van der Waals surface area (Å²) in [6.45, 7) is 4.96. The van der Waals surface area contributed by atoms with Crippen LogP contribution in [0, 0.1) is 0 Å². The molecule has 0 amide bonds. The summed E-state index contributed by atoms with van der Waals surface area (Å²) in [5, 5.41) is 1.36. The third-order valence-corrected chi connectivity index (χ3v) is 4.02. The molecule has 16 heavy (non-hydrogen) atoms. The Kier molecular flexibility index (Phi) is 4.93. The minimum atomic E-state index is -0.0511. The Labute approximate surface area is 112 Å². The van der Waals surface area contributed by atoms with Gasteiger partial charge in [0.05, 0.1) is 0 Å². The van der Waals surface area contributed by atoms with Crippen molar-refractivity contribution in [3.8, 4) is 0 Å². The number of halogens is 3. The van der Waals surface area contributed by atoms with Gasteiger partial charge in [-0.25, -0.2) is 0 Å². The van der Waals surface area contributed by atoms with Gasteiger partial charge in [-0.2, -0.15) is 0 Å². The molecule has 0 saturated heterocycles. The lowest BCUT2D eigenvalue weighted by Crippen LogP contribution is -2.42. The van der Waals surface area contributed by atoms with Crippen molar-refractivity contribution in [1.29, 1.82) is 0 Å². The summed E-state index contributed by atoms with van der Waals surface area (Å²) in [4.78, 5) is 2.18. The fraction of sp³-hybridized carbons (Fsp3) is 0.500. The zero-order valence-corrected chi connectivity index (χ0v) is 12.0. The van der Waals surface area contributed by atoms with Gasteiger partial charge < -0.3 is 0 Å². The molecule has 1 aromatic rings. The molecular formula is C12H16Cl3N. The maximum absolute atomic E-state index is 6.12. The largest absolute Gasteiger partial charge is 0.296 e. The highest BCUT2D eigenvalue weighted by atomic mass is 35.5. The topological polar surface area (TPSA) is 3.24 Å². The van der Waals surface area contributed by atoms with Crippen molar-refractivity contribution in [2.75, 3.05) is 12.9 Å². The molecule has 1 nitrogen and oxygen atoms in total.